The molecule has 0 aliphatic carbocycles. The second kappa shape index (κ2) is 5.77. The number of rotatable bonds is 3. The quantitative estimate of drug-likeness (QED) is 0.872. The summed E-state index contributed by atoms with van der Waals surface area (Å²) in [6, 6.07) is 4.07. The molecule has 2 aromatic rings. The van der Waals surface area contributed by atoms with Crippen LogP contribution >= 0.6 is 11.6 Å². The largest absolute Gasteiger partial charge is 0.493 e. The Morgan fingerprint density at radius 1 is 1.05 bits per heavy atom. The van der Waals surface area contributed by atoms with Crippen LogP contribution in [0, 0.1) is 0 Å². The zero-order valence-electron chi connectivity index (χ0n) is 12.0. The fourth-order valence-electron chi connectivity index (χ4n) is 2.52. The first-order valence-electron chi connectivity index (χ1n) is 6.67. The van der Waals surface area contributed by atoms with Gasteiger partial charge in [-0.2, -0.15) is 0 Å². The number of halogens is 1. The lowest BCUT2D eigenvalue weighted by molar-refractivity contribution is 0.353. The third kappa shape index (κ3) is 2.74. The Bertz CT molecular complexity index is 646. The molecule has 6 heteroatoms. The summed E-state index contributed by atoms with van der Waals surface area (Å²) in [5.41, 5.74) is 2.48. The molecule has 0 unspecified atom stereocenters. The molecular formula is C15H16ClN3O2. The Labute approximate surface area is 128 Å². The second-order valence-electron chi connectivity index (χ2n) is 4.85. The van der Waals surface area contributed by atoms with Crippen molar-refractivity contribution in [3.05, 3.63) is 40.7 Å². The molecule has 110 valence electrons. The van der Waals surface area contributed by atoms with Crippen molar-refractivity contribution in [2.75, 3.05) is 25.7 Å². The summed E-state index contributed by atoms with van der Waals surface area (Å²) < 4.78 is 10.7. The lowest BCUT2D eigenvalue weighted by Crippen LogP contribution is -2.31. The first kappa shape index (κ1) is 13.9. The van der Waals surface area contributed by atoms with Crippen LogP contribution in [0.3, 0.4) is 0 Å². The van der Waals surface area contributed by atoms with E-state index in [1.165, 1.54) is 11.1 Å². The van der Waals surface area contributed by atoms with Gasteiger partial charge in [0.2, 0.25) is 5.95 Å². The van der Waals surface area contributed by atoms with E-state index in [9.17, 15) is 0 Å². The fraction of sp³-hybridized carbons (Fsp3) is 0.333. The van der Waals surface area contributed by atoms with Crippen molar-refractivity contribution in [3.8, 4) is 11.5 Å². The average molecular weight is 306 g/mol. The molecule has 0 saturated carbocycles. The molecule has 0 bridgehead atoms. The van der Waals surface area contributed by atoms with E-state index in [1.54, 1.807) is 26.6 Å². The van der Waals surface area contributed by atoms with Gasteiger partial charge in [-0.15, -0.1) is 0 Å². The highest BCUT2D eigenvalue weighted by Gasteiger charge is 2.21. The van der Waals surface area contributed by atoms with Gasteiger partial charge in [0.05, 0.1) is 31.6 Å². The monoisotopic (exact) mass is 305 g/mol. The fourth-order valence-corrected chi connectivity index (χ4v) is 2.62. The van der Waals surface area contributed by atoms with Gasteiger partial charge < -0.3 is 14.4 Å². The topological polar surface area (TPSA) is 47.5 Å². The van der Waals surface area contributed by atoms with Gasteiger partial charge >= 0.3 is 0 Å². The zero-order valence-corrected chi connectivity index (χ0v) is 12.7. The van der Waals surface area contributed by atoms with Gasteiger partial charge in [-0.3, -0.25) is 0 Å². The maximum absolute atomic E-state index is 5.83. The number of hydrogen-bond donors (Lipinski definition) is 0. The van der Waals surface area contributed by atoms with Crippen LogP contribution in [0.4, 0.5) is 5.95 Å². The highest BCUT2D eigenvalue weighted by molar-refractivity contribution is 6.30. The maximum atomic E-state index is 5.83. The molecule has 3 rings (SSSR count). The van der Waals surface area contributed by atoms with E-state index < -0.39 is 0 Å². The van der Waals surface area contributed by atoms with Crippen LogP contribution in [0.15, 0.2) is 24.5 Å². The average Bonchev–Trinajstić information content (AvgIpc) is 2.53. The zero-order chi connectivity index (χ0) is 14.8. The van der Waals surface area contributed by atoms with Crippen molar-refractivity contribution in [1.82, 2.24) is 9.97 Å². The molecule has 1 aromatic heterocycles. The van der Waals surface area contributed by atoms with Gasteiger partial charge in [0, 0.05) is 13.1 Å². The molecule has 0 fully saturated rings. The van der Waals surface area contributed by atoms with E-state index in [2.05, 4.69) is 14.9 Å². The van der Waals surface area contributed by atoms with Crippen molar-refractivity contribution >= 4 is 17.5 Å². The van der Waals surface area contributed by atoms with Crippen LogP contribution in [-0.2, 0) is 13.0 Å². The van der Waals surface area contributed by atoms with Crippen LogP contribution in [0.5, 0.6) is 11.5 Å². The molecular weight excluding hydrogens is 290 g/mol. The maximum Gasteiger partial charge on any atom is 0.225 e. The molecule has 0 saturated heterocycles. The van der Waals surface area contributed by atoms with Crippen molar-refractivity contribution in [2.24, 2.45) is 0 Å². The van der Waals surface area contributed by atoms with E-state index in [4.69, 9.17) is 21.1 Å². The van der Waals surface area contributed by atoms with Crippen molar-refractivity contribution in [1.29, 1.82) is 0 Å². The van der Waals surface area contributed by atoms with Crippen LogP contribution in [-0.4, -0.2) is 30.7 Å². The number of fused-ring (bicyclic) bond motifs is 1. The lowest BCUT2D eigenvalue weighted by atomic mass is 9.99. The molecule has 0 N–H and O–H groups in total. The Hall–Kier alpha value is -2.01. The minimum atomic E-state index is 0.544. The molecule has 21 heavy (non-hydrogen) atoms. The number of nitrogens with zero attached hydrogens (tertiary/aromatic N) is 3. The number of ether oxygens (including phenoxy) is 2. The van der Waals surface area contributed by atoms with E-state index in [0.717, 1.165) is 31.0 Å². The molecule has 0 spiro atoms. The van der Waals surface area contributed by atoms with E-state index >= 15 is 0 Å². The third-order valence-electron chi connectivity index (χ3n) is 3.61. The number of hydrogen-bond acceptors (Lipinski definition) is 5. The third-order valence-corrected chi connectivity index (χ3v) is 3.80. The van der Waals surface area contributed by atoms with Crippen LogP contribution in [0.25, 0.3) is 0 Å². The minimum absolute atomic E-state index is 0.544. The molecule has 2 heterocycles. The number of benzene rings is 1. The second-order valence-corrected chi connectivity index (χ2v) is 5.29. The molecule has 0 amide bonds. The number of aromatic nitrogens is 2. The summed E-state index contributed by atoms with van der Waals surface area (Å²) in [7, 11) is 3.30. The highest BCUT2D eigenvalue weighted by Crippen LogP contribution is 2.33. The van der Waals surface area contributed by atoms with Crippen molar-refractivity contribution in [2.45, 2.75) is 13.0 Å². The Morgan fingerprint density at radius 3 is 2.29 bits per heavy atom. The van der Waals surface area contributed by atoms with E-state index in [1.807, 2.05) is 12.1 Å². The predicted molar refractivity (Wildman–Crippen MR) is 81.3 cm³/mol. The first-order chi connectivity index (χ1) is 10.2. The minimum Gasteiger partial charge on any atom is -0.493 e. The van der Waals surface area contributed by atoms with E-state index in [0.29, 0.717) is 11.0 Å². The lowest BCUT2D eigenvalue weighted by Gasteiger charge is -2.29. The van der Waals surface area contributed by atoms with Gasteiger partial charge in [-0.25, -0.2) is 9.97 Å². The number of methoxy groups -OCH3 is 2. The summed E-state index contributed by atoms with van der Waals surface area (Å²) in [6.45, 7) is 1.61. The SMILES string of the molecule is COc1cc2c(cc1OC)CN(c1ncc(Cl)cn1)CC2. The summed E-state index contributed by atoms with van der Waals surface area (Å²) >= 11 is 5.83. The van der Waals surface area contributed by atoms with Gasteiger partial charge in [-0.1, -0.05) is 11.6 Å². The summed E-state index contributed by atoms with van der Waals surface area (Å²) in [5.74, 6) is 2.21. The van der Waals surface area contributed by atoms with Gasteiger partial charge in [0.15, 0.2) is 11.5 Å². The van der Waals surface area contributed by atoms with Crippen molar-refractivity contribution in [3.63, 3.8) is 0 Å². The normalized spacial score (nSPS) is 13.8. The van der Waals surface area contributed by atoms with Crippen LogP contribution in [0.2, 0.25) is 5.02 Å². The Morgan fingerprint density at radius 2 is 1.67 bits per heavy atom. The van der Waals surface area contributed by atoms with Crippen LogP contribution in [0.1, 0.15) is 11.1 Å². The molecule has 0 atom stereocenters. The number of anilines is 1. The van der Waals surface area contributed by atoms with E-state index in [-0.39, 0.29) is 0 Å². The highest BCUT2D eigenvalue weighted by atomic mass is 35.5. The summed E-state index contributed by atoms with van der Waals surface area (Å²) in [5, 5.41) is 0.544. The first-order valence-corrected chi connectivity index (χ1v) is 7.05. The smallest absolute Gasteiger partial charge is 0.225 e. The Balaban J connectivity index is 1.89. The summed E-state index contributed by atoms with van der Waals surface area (Å²) in [4.78, 5) is 10.7. The van der Waals surface area contributed by atoms with Gasteiger partial charge in [0.1, 0.15) is 0 Å². The van der Waals surface area contributed by atoms with Crippen LogP contribution < -0.4 is 14.4 Å². The van der Waals surface area contributed by atoms with Crippen molar-refractivity contribution < 1.29 is 9.47 Å². The van der Waals surface area contributed by atoms with Gasteiger partial charge in [0.25, 0.3) is 0 Å². The van der Waals surface area contributed by atoms with Gasteiger partial charge in [-0.05, 0) is 29.7 Å². The standard InChI is InChI=1S/C15H16ClN3O2/c1-20-13-5-10-3-4-19(9-11(10)6-14(13)21-2)15-17-7-12(16)8-18-15/h5-8H,3-4,9H2,1-2H3. The molecule has 5 nitrogen and oxygen atoms in total. The summed E-state index contributed by atoms with van der Waals surface area (Å²) in [6.07, 6.45) is 4.16. The molecule has 1 aliphatic heterocycles. The molecule has 0 radical (unpaired) electrons. The predicted octanol–water partition coefficient (Wildman–Crippen LogP) is 2.71. The Kier molecular flexibility index (Phi) is 3.84. The molecule has 1 aliphatic rings. The molecule has 1 aromatic carbocycles.